The van der Waals surface area contributed by atoms with E-state index in [1.54, 1.807) is 6.08 Å². The molecule has 0 bridgehead atoms. The molecule has 4 heteroatoms. The van der Waals surface area contributed by atoms with Crippen LogP contribution in [0.5, 0.6) is 0 Å². The second-order valence-electron chi connectivity index (χ2n) is 22.5. The minimum absolute atomic E-state index is 0.0715. The number of hydrogen-bond donors (Lipinski definition) is 3. The van der Waals surface area contributed by atoms with Crippen LogP contribution in [0, 0.1) is 0 Å². The molecular weight excluding hydrogens is 879 g/mol. The van der Waals surface area contributed by atoms with Crippen molar-refractivity contribution in [3.8, 4) is 0 Å². The van der Waals surface area contributed by atoms with Gasteiger partial charge in [0.15, 0.2) is 0 Å². The normalized spacial score (nSPS) is 13.0. The zero-order valence-electron chi connectivity index (χ0n) is 49.0. The number of carbonyl (C=O) groups excluding carboxylic acids is 1. The van der Waals surface area contributed by atoms with Crippen molar-refractivity contribution in [2.24, 2.45) is 0 Å². The molecule has 0 fully saturated rings. The van der Waals surface area contributed by atoms with E-state index < -0.39 is 12.1 Å². The molecule has 4 nitrogen and oxygen atoms in total. The number of rotatable bonds is 61. The van der Waals surface area contributed by atoms with E-state index in [-0.39, 0.29) is 12.5 Å². The molecule has 0 aromatic heterocycles. The molecule has 0 saturated carbocycles. The van der Waals surface area contributed by atoms with E-state index in [0.717, 1.165) is 38.5 Å². The summed E-state index contributed by atoms with van der Waals surface area (Å²) in [5.41, 5.74) is 0. The minimum Gasteiger partial charge on any atom is -0.394 e. The maximum absolute atomic E-state index is 12.5. The van der Waals surface area contributed by atoms with E-state index >= 15 is 0 Å². The molecule has 2 unspecified atom stereocenters. The predicted molar refractivity (Wildman–Crippen MR) is 322 cm³/mol. The monoisotopic (exact) mass is 1010 g/mol. The third-order valence-corrected chi connectivity index (χ3v) is 15.3. The average Bonchev–Trinajstić information content (AvgIpc) is 3.39. The second kappa shape index (κ2) is 63.6. The molecule has 0 aromatic rings. The first-order valence-corrected chi connectivity index (χ1v) is 32.9. The Bertz CT molecular complexity index is 1140. The molecule has 0 aliphatic heterocycles. The first kappa shape index (κ1) is 70.3. The van der Waals surface area contributed by atoms with Gasteiger partial charge in [0.1, 0.15) is 0 Å². The van der Waals surface area contributed by atoms with Gasteiger partial charge in [-0.3, -0.25) is 4.79 Å². The SMILES string of the molecule is CCCCCCCCCC/C=C\CCCCCCCCCCCCCCCCCCCCCCCCCCCCCC(=O)NC(CO)C(O)/C=C/CC/C=C/CC/C=C/CCCCCCCCCCCCC. The summed E-state index contributed by atoms with van der Waals surface area (Å²) in [5.74, 6) is -0.0715. The lowest BCUT2D eigenvalue weighted by atomic mass is 10.0. The van der Waals surface area contributed by atoms with Crippen LogP contribution < -0.4 is 5.32 Å². The van der Waals surface area contributed by atoms with Gasteiger partial charge in [-0.25, -0.2) is 0 Å². The maximum Gasteiger partial charge on any atom is 0.220 e. The van der Waals surface area contributed by atoms with Crippen molar-refractivity contribution in [1.82, 2.24) is 5.32 Å². The van der Waals surface area contributed by atoms with E-state index in [1.165, 1.54) is 302 Å². The lowest BCUT2D eigenvalue weighted by molar-refractivity contribution is -0.123. The van der Waals surface area contributed by atoms with Gasteiger partial charge < -0.3 is 15.5 Å². The molecule has 0 aliphatic carbocycles. The van der Waals surface area contributed by atoms with Crippen molar-refractivity contribution in [3.63, 3.8) is 0 Å². The Morgan fingerprint density at radius 3 is 0.806 bits per heavy atom. The Labute approximate surface area is 452 Å². The summed E-state index contributed by atoms with van der Waals surface area (Å²) in [5, 5.41) is 23.2. The molecule has 72 heavy (non-hydrogen) atoms. The van der Waals surface area contributed by atoms with Gasteiger partial charge in [0.05, 0.1) is 18.8 Å². The first-order valence-electron chi connectivity index (χ1n) is 32.9. The highest BCUT2D eigenvalue weighted by atomic mass is 16.3. The molecule has 0 aliphatic rings. The molecule has 0 spiro atoms. The first-order chi connectivity index (χ1) is 35.7. The van der Waals surface area contributed by atoms with Crippen LogP contribution in [0.3, 0.4) is 0 Å². The minimum atomic E-state index is -0.870. The van der Waals surface area contributed by atoms with E-state index in [1.807, 2.05) is 6.08 Å². The van der Waals surface area contributed by atoms with Gasteiger partial charge >= 0.3 is 0 Å². The highest BCUT2D eigenvalue weighted by Gasteiger charge is 2.18. The maximum atomic E-state index is 12.5. The number of aliphatic hydroxyl groups is 2. The second-order valence-corrected chi connectivity index (χ2v) is 22.5. The number of carbonyl (C=O) groups is 1. The summed E-state index contributed by atoms with van der Waals surface area (Å²) in [6.07, 6.45) is 89.0. The van der Waals surface area contributed by atoms with Crippen molar-refractivity contribution >= 4 is 5.91 Å². The van der Waals surface area contributed by atoms with Crippen LogP contribution in [0.25, 0.3) is 0 Å². The summed E-state index contributed by atoms with van der Waals surface area (Å²) >= 11 is 0. The fraction of sp³-hybridized carbons (Fsp3) is 0.868. The van der Waals surface area contributed by atoms with Gasteiger partial charge in [-0.1, -0.05) is 332 Å². The number of nitrogens with one attached hydrogen (secondary N) is 1. The summed E-state index contributed by atoms with van der Waals surface area (Å²) < 4.78 is 0. The van der Waals surface area contributed by atoms with E-state index in [2.05, 4.69) is 55.6 Å². The van der Waals surface area contributed by atoms with Crippen LogP contribution in [0.2, 0.25) is 0 Å². The molecule has 3 N–H and O–H groups in total. The highest BCUT2D eigenvalue weighted by molar-refractivity contribution is 5.76. The number of hydrogen-bond acceptors (Lipinski definition) is 3. The smallest absolute Gasteiger partial charge is 0.220 e. The Balaban J connectivity index is 3.43. The summed E-state index contributed by atoms with van der Waals surface area (Å²) in [7, 11) is 0. The number of amides is 1. The fourth-order valence-corrected chi connectivity index (χ4v) is 10.3. The zero-order valence-corrected chi connectivity index (χ0v) is 49.0. The lowest BCUT2D eigenvalue weighted by Crippen LogP contribution is -2.45. The van der Waals surface area contributed by atoms with Crippen molar-refractivity contribution in [2.75, 3.05) is 6.61 Å². The Hall–Kier alpha value is -1.65. The standard InChI is InChI=1S/C68H129NO3/c1-3-5-7-9-11-13-15-17-19-21-23-25-26-27-28-29-30-31-32-33-34-35-36-37-38-39-40-41-42-44-46-48-50-52-54-56-58-60-62-64-68(72)69-66(65-70)67(71)63-61-59-57-55-53-51-49-47-45-43-24-22-20-18-16-14-12-10-8-6-4-2/h21,23,45,47,53,55,61,63,66-67,70-71H,3-20,22,24-44,46,48-52,54,56-60,62,64-65H2,1-2H3,(H,69,72)/b23-21-,47-45+,55-53+,63-61+. The highest BCUT2D eigenvalue weighted by Crippen LogP contribution is 2.18. The van der Waals surface area contributed by atoms with E-state index in [4.69, 9.17) is 0 Å². The van der Waals surface area contributed by atoms with E-state index in [9.17, 15) is 15.0 Å². The predicted octanol–water partition coefficient (Wildman–Crippen LogP) is 22.2. The summed E-state index contributed by atoms with van der Waals surface area (Å²) in [6.45, 7) is 4.32. The van der Waals surface area contributed by atoms with Crippen LogP contribution in [0.4, 0.5) is 0 Å². The Kier molecular flexibility index (Phi) is 62.2. The average molecular weight is 1010 g/mol. The van der Waals surface area contributed by atoms with Gasteiger partial charge in [-0.05, 0) is 70.6 Å². The van der Waals surface area contributed by atoms with Gasteiger partial charge in [-0.15, -0.1) is 0 Å². The molecule has 0 heterocycles. The number of unbranched alkanes of at least 4 members (excludes halogenated alkanes) is 48. The molecular formula is C68H129NO3. The van der Waals surface area contributed by atoms with Crippen molar-refractivity contribution in [2.45, 2.75) is 373 Å². The van der Waals surface area contributed by atoms with Gasteiger partial charge in [0.25, 0.3) is 0 Å². The van der Waals surface area contributed by atoms with Crippen molar-refractivity contribution < 1.29 is 15.0 Å². The summed E-state index contributed by atoms with van der Waals surface area (Å²) in [6, 6.07) is -0.645. The van der Waals surface area contributed by atoms with Gasteiger partial charge in [0.2, 0.25) is 5.91 Å². The number of aliphatic hydroxyl groups excluding tert-OH is 2. The molecule has 1 amide bonds. The third kappa shape index (κ3) is 59.2. The number of allylic oxidation sites excluding steroid dienone is 7. The van der Waals surface area contributed by atoms with Crippen LogP contribution in [-0.2, 0) is 4.79 Å². The van der Waals surface area contributed by atoms with E-state index in [0.29, 0.717) is 6.42 Å². The van der Waals surface area contributed by atoms with Crippen LogP contribution in [0.1, 0.15) is 361 Å². The Morgan fingerprint density at radius 2 is 0.542 bits per heavy atom. The Morgan fingerprint density at radius 1 is 0.319 bits per heavy atom. The van der Waals surface area contributed by atoms with Crippen LogP contribution >= 0.6 is 0 Å². The molecule has 0 saturated heterocycles. The molecule has 424 valence electrons. The molecule has 0 radical (unpaired) electrons. The largest absolute Gasteiger partial charge is 0.394 e. The zero-order chi connectivity index (χ0) is 52.0. The molecule has 0 aromatic carbocycles. The van der Waals surface area contributed by atoms with Gasteiger partial charge in [0, 0.05) is 6.42 Å². The van der Waals surface area contributed by atoms with Crippen LogP contribution in [-0.4, -0.2) is 34.9 Å². The molecule has 2 atom stereocenters. The quantitative estimate of drug-likeness (QED) is 0.0420. The topological polar surface area (TPSA) is 69.6 Å². The lowest BCUT2D eigenvalue weighted by Gasteiger charge is -2.19. The molecule has 0 rings (SSSR count). The van der Waals surface area contributed by atoms with Gasteiger partial charge in [-0.2, -0.15) is 0 Å². The third-order valence-electron chi connectivity index (χ3n) is 15.3. The van der Waals surface area contributed by atoms with Crippen molar-refractivity contribution in [1.29, 1.82) is 0 Å². The summed E-state index contributed by atoms with van der Waals surface area (Å²) in [4.78, 5) is 12.5. The van der Waals surface area contributed by atoms with Crippen LogP contribution in [0.15, 0.2) is 48.6 Å². The fourth-order valence-electron chi connectivity index (χ4n) is 10.3. The van der Waals surface area contributed by atoms with Crippen molar-refractivity contribution in [3.05, 3.63) is 48.6 Å².